The van der Waals surface area contributed by atoms with Crippen molar-refractivity contribution in [2.75, 3.05) is 0 Å². The molecule has 0 aliphatic heterocycles. The SMILES string of the molecule is O=C([O-])/C=C/C(=O)NC(c1ccccc1)c1ccccc1. The van der Waals surface area contributed by atoms with Crippen LogP contribution < -0.4 is 10.4 Å². The van der Waals surface area contributed by atoms with Crippen molar-refractivity contribution in [2.45, 2.75) is 6.04 Å². The molecule has 1 amide bonds. The van der Waals surface area contributed by atoms with Crippen molar-refractivity contribution >= 4 is 11.9 Å². The molecule has 0 radical (unpaired) electrons. The Morgan fingerprint density at radius 1 is 0.857 bits per heavy atom. The molecule has 0 aliphatic rings. The van der Waals surface area contributed by atoms with Crippen LogP contribution in [0.1, 0.15) is 17.2 Å². The van der Waals surface area contributed by atoms with Crippen LogP contribution in [0.4, 0.5) is 0 Å². The highest BCUT2D eigenvalue weighted by Gasteiger charge is 2.14. The fraction of sp³-hybridized carbons (Fsp3) is 0.0588. The molecule has 0 saturated carbocycles. The van der Waals surface area contributed by atoms with Crippen molar-refractivity contribution in [3.05, 3.63) is 83.9 Å². The van der Waals surface area contributed by atoms with Gasteiger partial charge in [0, 0.05) is 6.08 Å². The summed E-state index contributed by atoms with van der Waals surface area (Å²) in [4.78, 5) is 22.2. The second-order valence-electron chi connectivity index (χ2n) is 4.42. The lowest BCUT2D eigenvalue weighted by Gasteiger charge is -2.19. The number of amides is 1. The number of hydrogen-bond acceptors (Lipinski definition) is 3. The molecule has 0 heterocycles. The van der Waals surface area contributed by atoms with Gasteiger partial charge < -0.3 is 15.2 Å². The maximum Gasteiger partial charge on any atom is 0.244 e. The van der Waals surface area contributed by atoms with Gasteiger partial charge in [0.25, 0.3) is 0 Å². The van der Waals surface area contributed by atoms with Gasteiger partial charge in [0.05, 0.1) is 12.0 Å². The minimum absolute atomic E-state index is 0.341. The fourth-order valence-corrected chi connectivity index (χ4v) is 1.98. The highest BCUT2D eigenvalue weighted by molar-refractivity contribution is 5.93. The smallest absolute Gasteiger partial charge is 0.244 e. The molecule has 0 aliphatic carbocycles. The number of carbonyl (C=O) groups excluding carboxylic acids is 2. The molecule has 0 bridgehead atoms. The van der Waals surface area contributed by atoms with E-state index in [9.17, 15) is 14.7 Å². The number of carboxylic acids is 1. The van der Waals surface area contributed by atoms with Crippen LogP contribution in [0, 0.1) is 0 Å². The van der Waals surface area contributed by atoms with E-state index in [1.807, 2.05) is 60.7 Å². The minimum Gasteiger partial charge on any atom is -0.545 e. The summed E-state index contributed by atoms with van der Waals surface area (Å²) in [5.41, 5.74) is 1.83. The quantitative estimate of drug-likeness (QED) is 0.837. The van der Waals surface area contributed by atoms with Crippen molar-refractivity contribution < 1.29 is 14.7 Å². The first-order valence-corrected chi connectivity index (χ1v) is 6.46. The number of aliphatic carboxylic acids is 1. The average molecular weight is 280 g/mol. The average Bonchev–Trinajstić information content (AvgIpc) is 2.52. The highest BCUT2D eigenvalue weighted by Crippen LogP contribution is 2.21. The Kier molecular flexibility index (Phi) is 4.88. The molecule has 21 heavy (non-hydrogen) atoms. The van der Waals surface area contributed by atoms with Gasteiger partial charge in [0.15, 0.2) is 0 Å². The Labute approximate surface area is 122 Å². The maximum absolute atomic E-state index is 11.8. The number of carbonyl (C=O) groups is 2. The zero-order valence-corrected chi connectivity index (χ0v) is 11.2. The summed E-state index contributed by atoms with van der Waals surface area (Å²) in [6.07, 6.45) is 1.66. The first-order valence-electron chi connectivity index (χ1n) is 6.46. The Bertz CT molecular complexity index is 596. The Morgan fingerprint density at radius 2 is 1.33 bits per heavy atom. The Hall–Kier alpha value is -2.88. The van der Waals surface area contributed by atoms with E-state index in [4.69, 9.17) is 0 Å². The van der Waals surface area contributed by atoms with Crippen LogP contribution >= 0.6 is 0 Å². The standard InChI is InChI=1S/C17H15NO3/c19-15(11-12-16(20)21)18-17(13-7-3-1-4-8-13)14-9-5-2-6-10-14/h1-12,17H,(H,18,19)(H,20,21)/p-1/b12-11+. The van der Waals surface area contributed by atoms with E-state index >= 15 is 0 Å². The Balaban J connectivity index is 2.25. The van der Waals surface area contributed by atoms with E-state index in [1.165, 1.54) is 0 Å². The van der Waals surface area contributed by atoms with E-state index in [2.05, 4.69) is 5.32 Å². The van der Waals surface area contributed by atoms with Crippen LogP contribution in [0.2, 0.25) is 0 Å². The third kappa shape index (κ3) is 4.31. The van der Waals surface area contributed by atoms with Crippen LogP contribution in [0.25, 0.3) is 0 Å². The molecule has 0 fully saturated rings. The zero-order chi connectivity index (χ0) is 15.1. The first kappa shape index (κ1) is 14.5. The lowest BCUT2D eigenvalue weighted by Crippen LogP contribution is -2.28. The summed E-state index contributed by atoms with van der Waals surface area (Å²) in [5, 5.41) is 13.1. The summed E-state index contributed by atoms with van der Waals surface area (Å²) in [6, 6.07) is 18.6. The van der Waals surface area contributed by atoms with E-state index in [0.29, 0.717) is 6.08 Å². The molecule has 0 aromatic heterocycles. The van der Waals surface area contributed by atoms with Gasteiger partial charge in [0.2, 0.25) is 5.91 Å². The van der Waals surface area contributed by atoms with Crippen molar-refractivity contribution in [3.8, 4) is 0 Å². The number of carboxylic acid groups (broad SMARTS) is 1. The van der Waals surface area contributed by atoms with E-state index < -0.39 is 11.9 Å². The van der Waals surface area contributed by atoms with Crippen molar-refractivity contribution in [1.29, 1.82) is 0 Å². The normalized spacial score (nSPS) is 10.7. The maximum atomic E-state index is 11.8. The Morgan fingerprint density at radius 3 is 1.76 bits per heavy atom. The molecule has 2 aromatic rings. The van der Waals surface area contributed by atoms with Gasteiger partial charge in [-0.2, -0.15) is 0 Å². The summed E-state index contributed by atoms with van der Waals surface area (Å²) < 4.78 is 0. The topological polar surface area (TPSA) is 69.2 Å². The van der Waals surface area contributed by atoms with Crippen molar-refractivity contribution in [2.24, 2.45) is 0 Å². The molecule has 4 nitrogen and oxygen atoms in total. The number of hydrogen-bond donors (Lipinski definition) is 1. The van der Waals surface area contributed by atoms with Gasteiger partial charge in [-0.3, -0.25) is 4.79 Å². The van der Waals surface area contributed by atoms with Gasteiger partial charge in [-0.15, -0.1) is 0 Å². The molecule has 0 atom stereocenters. The van der Waals surface area contributed by atoms with Crippen molar-refractivity contribution in [3.63, 3.8) is 0 Å². The van der Waals surface area contributed by atoms with E-state index in [-0.39, 0.29) is 6.04 Å². The first-order chi connectivity index (χ1) is 10.2. The van der Waals surface area contributed by atoms with Crippen molar-refractivity contribution in [1.82, 2.24) is 5.32 Å². The molecule has 2 rings (SSSR count). The van der Waals surface area contributed by atoms with Gasteiger partial charge in [-0.05, 0) is 17.2 Å². The predicted octanol–water partition coefficient (Wildman–Crippen LogP) is 1.20. The predicted molar refractivity (Wildman–Crippen MR) is 77.0 cm³/mol. The summed E-state index contributed by atoms with van der Waals surface area (Å²) in [7, 11) is 0. The lowest BCUT2D eigenvalue weighted by molar-refractivity contribution is -0.297. The van der Waals surface area contributed by atoms with Crippen LogP contribution in [-0.4, -0.2) is 11.9 Å². The highest BCUT2D eigenvalue weighted by atomic mass is 16.4. The second-order valence-corrected chi connectivity index (χ2v) is 4.42. The molecule has 0 saturated heterocycles. The molecule has 2 aromatic carbocycles. The van der Waals surface area contributed by atoms with E-state index in [0.717, 1.165) is 17.2 Å². The number of nitrogens with one attached hydrogen (secondary N) is 1. The summed E-state index contributed by atoms with van der Waals surface area (Å²) >= 11 is 0. The third-order valence-electron chi connectivity index (χ3n) is 2.92. The fourth-order valence-electron chi connectivity index (χ4n) is 1.98. The van der Waals surface area contributed by atoms with Gasteiger partial charge >= 0.3 is 0 Å². The molecule has 106 valence electrons. The largest absolute Gasteiger partial charge is 0.545 e. The summed E-state index contributed by atoms with van der Waals surface area (Å²) in [5.74, 6) is -1.89. The molecule has 4 heteroatoms. The number of rotatable bonds is 5. The monoisotopic (exact) mass is 280 g/mol. The minimum atomic E-state index is -1.40. The molecular formula is C17H14NO3-. The zero-order valence-electron chi connectivity index (χ0n) is 11.2. The molecule has 0 unspecified atom stereocenters. The molecular weight excluding hydrogens is 266 g/mol. The van der Waals surface area contributed by atoms with E-state index in [1.54, 1.807) is 0 Å². The van der Waals surface area contributed by atoms with Gasteiger partial charge in [-0.1, -0.05) is 60.7 Å². The van der Waals surface area contributed by atoms with Crippen LogP contribution in [0.15, 0.2) is 72.8 Å². The van der Waals surface area contributed by atoms with Crippen LogP contribution in [-0.2, 0) is 9.59 Å². The lowest BCUT2D eigenvalue weighted by atomic mass is 9.99. The van der Waals surface area contributed by atoms with Crippen LogP contribution in [0.3, 0.4) is 0 Å². The van der Waals surface area contributed by atoms with Gasteiger partial charge in [-0.25, -0.2) is 0 Å². The van der Waals surface area contributed by atoms with Crippen LogP contribution in [0.5, 0.6) is 0 Å². The molecule has 1 N–H and O–H groups in total. The second kappa shape index (κ2) is 7.05. The number of benzene rings is 2. The third-order valence-corrected chi connectivity index (χ3v) is 2.92. The molecule has 0 spiro atoms. The van der Waals surface area contributed by atoms with Gasteiger partial charge in [0.1, 0.15) is 0 Å². The summed E-state index contributed by atoms with van der Waals surface area (Å²) in [6.45, 7) is 0.